The number of rotatable bonds is 7. The van der Waals surface area contributed by atoms with Gasteiger partial charge in [-0.2, -0.15) is 0 Å². The van der Waals surface area contributed by atoms with Gasteiger partial charge in [0.05, 0.1) is 14.2 Å². The molecular formula is C16H21N3O2. The van der Waals surface area contributed by atoms with Gasteiger partial charge in [0.2, 0.25) is 5.88 Å². The van der Waals surface area contributed by atoms with E-state index in [4.69, 9.17) is 15.3 Å². The van der Waals surface area contributed by atoms with E-state index in [1.165, 1.54) is 5.56 Å². The summed E-state index contributed by atoms with van der Waals surface area (Å²) in [5.74, 6) is 7.14. The van der Waals surface area contributed by atoms with Crippen LogP contribution in [0.3, 0.4) is 0 Å². The Morgan fingerprint density at radius 1 is 1.10 bits per heavy atom. The second kappa shape index (κ2) is 7.61. The van der Waals surface area contributed by atoms with Crippen LogP contribution in [0.15, 0.2) is 42.6 Å². The van der Waals surface area contributed by atoms with Crippen LogP contribution in [0, 0.1) is 0 Å². The van der Waals surface area contributed by atoms with Crippen molar-refractivity contribution >= 4 is 0 Å². The van der Waals surface area contributed by atoms with Crippen LogP contribution in [-0.4, -0.2) is 25.2 Å². The van der Waals surface area contributed by atoms with Crippen molar-refractivity contribution in [3.05, 3.63) is 53.7 Å². The number of methoxy groups -OCH3 is 2. The van der Waals surface area contributed by atoms with Crippen LogP contribution < -0.4 is 20.7 Å². The molecule has 3 N–H and O–H groups in total. The maximum Gasteiger partial charge on any atom is 0.212 e. The van der Waals surface area contributed by atoms with E-state index in [1.54, 1.807) is 14.2 Å². The molecule has 1 unspecified atom stereocenters. The normalized spacial score (nSPS) is 12.0. The Labute approximate surface area is 125 Å². The molecule has 0 saturated carbocycles. The maximum absolute atomic E-state index is 5.67. The van der Waals surface area contributed by atoms with Gasteiger partial charge in [0, 0.05) is 18.3 Å². The summed E-state index contributed by atoms with van der Waals surface area (Å²) in [5, 5.41) is 0. The first-order chi connectivity index (χ1) is 10.2. The second-order valence-corrected chi connectivity index (χ2v) is 4.83. The minimum absolute atomic E-state index is 0.132. The molecule has 5 heteroatoms. The van der Waals surface area contributed by atoms with Gasteiger partial charge in [0.1, 0.15) is 5.75 Å². The Morgan fingerprint density at radius 3 is 2.52 bits per heavy atom. The highest BCUT2D eigenvalue weighted by Crippen LogP contribution is 2.16. The van der Waals surface area contributed by atoms with Crippen LogP contribution >= 0.6 is 0 Å². The zero-order chi connectivity index (χ0) is 15.1. The van der Waals surface area contributed by atoms with Crippen LogP contribution in [-0.2, 0) is 12.8 Å². The first-order valence-corrected chi connectivity index (χ1v) is 6.83. The van der Waals surface area contributed by atoms with Crippen molar-refractivity contribution in [2.24, 2.45) is 5.84 Å². The van der Waals surface area contributed by atoms with Crippen LogP contribution in [0.1, 0.15) is 11.1 Å². The smallest absolute Gasteiger partial charge is 0.212 e. The monoisotopic (exact) mass is 287 g/mol. The Kier molecular flexibility index (Phi) is 5.54. The van der Waals surface area contributed by atoms with E-state index < -0.39 is 0 Å². The van der Waals surface area contributed by atoms with E-state index in [1.807, 2.05) is 36.5 Å². The topological polar surface area (TPSA) is 69.4 Å². The zero-order valence-corrected chi connectivity index (χ0v) is 12.4. The molecule has 21 heavy (non-hydrogen) atoms. The van der Waals surface area contributed by atoms with Gasteiger partial charge >= 0.3 is 0 Å². The molecular weight excluding hydrogens is 266 g/mol. The van der Waals surface area contributed by atoms with Crippen LogP contribution in [0.2, 0.25) is 0 Å². The lowest BCUT2D eigenvalue weighted by atomic mass is 10.0. The molecule has 1 aromatic carbocycles. The van der Waals surface area contributed by atoms with Crippen molar-refractivity contribution in [1.82, 2.24) is 10.4 Å². The van der Waals surface area contributed by atoms with Gasteiger partial charge in [-0.3, -0.25) is 11.3 Å². The molecule has 0 aliphatic carbocycles. The molecule has 1 atom stereocenters. The van der Waals surface area contributed by atoms with E-state index in [2.05, 4.69) is 16.5 Å². The lowest BCUT2D eigenvalue weighted by molar-refractivity contribution is 0.397. The summed E-state index contributed by atoms with van der Waals surface area (Å²) >= 11 is 0. The van der Waals surface area contributed by atoms with Crippen molar-refractivity contribution in [2.45, 2.75) is 18.9 Å². The summed E-state index contributed by atoms with van der Waals surface area (Å²) in [7, 11) is 3.27. The highest BCUT2D eigenvalue weighted by molar-refractivity contribution is 5.29. The second-order valence-electron chi connectivity index (χ2n) is 4.83. The third-order valence-electron chi connectivity index (χ3n) is 3.34. The van der Waals surface area contributed by atoms with Gasteiger partial charge in [0.15, 0.2) is 0 Å². The lowest BCUT2D eigenvalue weighted by Gasteiger charge is -2.16. The van der Waals surface area contributed by atoms with Gasteiger partial charge in [-0.05, 0) is 36.1 Å². The minimum Gasteiger partial charge on any atom is -0.497 e. The average molecular weight is 287 g/mol. The number of benzene rings is 1. The van der Waals surface area contributed by atoms with E-state index in [9.17, 15) is 0 Å². The fourth-order valence-corrected chi connectivity index (χ4v) is 2.21. The fourth-order valence-electron chi connectivity index (χ4n) is 2.21. The van der Waals surface area contributed by atoms with Gasteiger partial charge in [-0.15, -0.1) is 0 Å². The number of nitrogens with two attached hydrogens (primary N) is 1. The molecule has 0 saturated heterocycles. The average Bonchev–Trinajstić information content (AvgIpc) is 2.55. The third kappa shape index (κ3) is 4.44. The van der Waals surface area contributed by atoms with Crippen molar-refractivity contribution in [3.63, 3.8) is 0 Å². The molecule has 1 heterocycles. The molecule has 112 valence electrons. The Bertz CT molecular complexity index is 558. The molecule has 5 nitrogen and oxygen atoms in total. The van der Waals surface area contributed by atoms with Crippen molar-refractivity contribution in [1.29, 1.82) is 0 Å². The van der Waals surface area contributed by atoms with E-state index in [0.29, 0.717) is 5.88 Å². The maximum atomic E-state index is 5.67. The summed E-state index contributed by atoms with van der Waals surface area (Å²) < 4.78 is 10.3. The number of hydrazine groups is 1. The summed E-state index contributed by atoms with van der Waals surface area (Å²) in [5.41, 5.74) is 5.16. The minimum atomic E-state index is 0.132. The number of nitrogens with one attached hydrogen (secondary N) is 1. The van der Waals surface area contributed by atoms with Gasteiger partial charge in [-0.25, -0.2) is 4.98 Å². The number of hydrogen-bond donors (Lipinski definition) is 2. The molecule has 2 rings (SSSR count). The number of ether oxygens (including phenoxy) is 2. The number of nitrogens with zero attached hydrogens (tertiary/aromatic N) is 1. The lowest BCUT2D eigenvalue weighted by Crippen LogP contribution is -2.38. The Morgan fingerprint density at radius 2 is 1.90 bits per heavy atom. The Hall–Kier alpha value is -2.11. The molecule has 0 aliphatic rings. The quantitative estimate of drug-likeness (QED) is 0.599. The number of hydrogen-bond acceptors (Lipinski definition) is 5. The number of pyridine rings is 1. The first-order valence-electron chi connectivity index (χ1n) is 6.83. The zero-order valence-electron chi connectivity index (χ0n) is 12.4. The van der Waals surface area contributed by atoms with Gasteiger partial charge < -0.3 is 9.47 Å². The van der Waals surface area contributed by atoms with Crippen molar-refractivity contribution in [3.8, 4) is 11.6 Å². The van der Waals surface area contributed by atoms with Crippen molar-refractivity contribution in [2.75, 3.05) is 14.2 Å². The fraction of sp³-hybridized carbons (Fsp3) is 0.312. The summed E-state index contributed by atoms with van der Waals surface area (Å²) in [4.78, 5) is 4.21. The predicted molar refractivity (Wildman–Crippen MR) is 82.3 cm³/mol. The molecule has 2 aromatic rings. The Balaban J connectivity index is 2.01. The van der Waals surface area contributed by atoms with Gasteiger partial charge in [-0.1, -0.05) is 18.2 Å². The van der Waals surface area contributed by atoms with Gasteiger partial charge in [0.25, 0.3) is 0 Å². The van der Waals surface area contributed by atoms with E-state index in [0.717, 1.165) is 24.2 Å². The van der Waals surface area contributed by atoms with E-state index >= 15 is 0 Å². The van der Waals surface area contributed by atoms with Crippen LogP contribution in [0.4, 0.5) is 0 Å². The molecule has 0 aliphatic heterocycles. The first kappa shape index (κ1) is 15.3. The molecule has 0 radical (unpaired) electrons. The largest absolute Gasteiger partial charge is 0.497 e. The third-order valence-corrected chi connectivity index (χ3v) is 3.34. The molecule has 0 spiro atoms. The highest BCUT2D eigenvalue weighted by atomic mass is 16.5. The number of aromatic nitrogens is 1. The SMILES string of the molecule is COc1cccc(CC(Cc2ccc(OC)nc2)NN)c1. The molecule has 1 aromatic heterocycles. The summed E-state index contributed by atoms with van der Waals surface area (Å²) in [6.45, 7) is 0. The highest BCUT2D eigenvalue weighted by Gasteiger charge is 2.10. The van der Waals surface area contributed by atoms with E-state index in [-0.39, 0.29) is 6.04 Å². The predicted octanol–water partition coefficient (Wildman–Crippen LogP) is 1.72. The molecule has 0 amide bonds. The summed E-state index contributed by atoms with van der Waals surface area (Å²) in [6.07, 6.45) is 3.43. The van der Waals surface area contributed by atoms with Crippen LogP contribution in [0.5, 0.6) is 11.6 Å². The molecule has 0 fully saturated rings. The standard InChI is InChI=1S/C16H21N3O2/c1-20-15-5-3-4-12(10-15)8-14(19-17)9-13-6-7-16(21-2)18-11-13/h3-7,10-11,14,19H,8-9,17H2,1-2H3. The van der Waals surface area contributed by atoms with Crippen molar-refractivity contribution < 1.29 is 9.47 Å². The van der Waals surface area contributed by atoms with Crippen LogP contribution in [0.25, 0.3) is 0 Å². The summed E-state index contributed by atoms with van der Waals surface area (Å²) in [6, 6.07) is 12.0. The molecule has 0 bridgehead atoms.